The molecule has 1 unspecified atom stereocenters. The number of aromatic nitrogens is 1. The van der Waals surface area contributed by atoms with Crippen molar-refractivity contribution in [2.75, 3.05) is 20.2 Å². The molecule has 12 heteroatoms. The molecule has 1 aromatic heterocycles. The number of carbonyl (C=O) groups is 5. The van der Waals surface area contributed by atoms with Crippen molar-refractivity contribution in [3.05, 3.63) is 89.2 Å². The number of hydrogen-bond acceptors (Lipinski definition) is 6. The molecule has 2 aliphatic heterocycles. The van der Waals surface area contributed by atoms with Gasteiger partial charge in [-0.25, -0.2) is 0 Å². The summed E-state index contributed by atoms with van der Waals surface area (Å²) in [6, 6.07) is 13.0. The summed E-state index contributed by atoms with van der Waals surface area (Å²) in [5, 5.41) is 11.3. The van der Waals surface area contributed by atoms with Crippen molar-refractivity contribution in [2.24, 2.45) is 5.92 Å². The van der Waals surface area contributed by atoms with E-state index in [1.54, 1.807) is 85.9 Å². The molecular weight excluding hydrogens is 612 g/mol. The van der Waals surface area contributed by atoms with Gasteiger partial charge in [0.15, 0.2) is 0 Å². The van der Waals surface area contributed by atoms with Gasteiger partial charge < -0.3 is 35.9 Å². The summed E-state index contributed by atoms with van der Waals surface area (Å²) < 4.78 is 5.24. The Morgan fingerprint density at radius 3 is 2.29 bits per heavy atom. The number of carbonyl (C=O) groups excluding carboxylic acids is 5. The van der Waals surface area contributed by atoms with E-state index in [1.165, 1.54) is 0 Å². The van der Waals surface area contributed by atoms with Crippen molar-refractivity contribution in [3.63, 3.8) is 0 Å². The molecule has 0 spiro atoms. The molecule has 2 aromatic carbocycles. The van der Waals surface area contributed by atoms with Gasteiger partial charge in [-0.05, 0) is 67.1 Å². The molecule has 0 saturated carbocycles. The first kappa shape index (κ1) is 35.7. The number of ether oxygens (including phenoxy) is 1. The topological polar surface area (TPSA) is 162 Å². The van der Waals surface area contributed by atoms with Gasteiger partial charge in [0.1, 0.15) is 23.9 Å². The molecule has 48 heavy (non-hydrogen) atoms. The quantitative estimate of drug-likeness (QED) is 0.256. The summed E-state index contributed by atoms with van der Waals surface area (Å²) in [7, 11) is 1.56. The van der Waals surface area contributed by atoms with E-state index >= 15 is 0 Å². The van der Waals surface area contributed by atoms with Crippen LogP contribution in [0.2, 0.25) is 0 Å². The Morgan fingerprint density at radius 1 is 0.917 bits per heavy atom. The number of methoxy groups -OCH3 is 1. The highest BCUT2D eigenvalue weighted by atomic mass is 16.5. The third-order valence-corrected chi connectivity index (χ3v) is 8.64. The van der Waals surface area contributed by atoms with Crippen molar-refractivity contribution in [1.82, 2.24) is 31.2 Å². The van der Waals surface area contributed by atoms with Crippen LogP contribution in [-0.2, 0) is 27.3 Å². The largest absolute Gasteiger partial charge is 0.497 e. The smallest absolute Gasteiger partial charge is 0.255 e. The van der Waals surface area contributed by atoms with Crippen LogP contribution in [0.25, 0.3) is 0 Å². The molecule has 3 heterocycles. The second kappa shape index (κ2) is 17.1. The third kappa shape index (κ3) is 9.69. The number of amides is 5. The standard InChI is InChI=1S/C36H46N6O6/c1-5-23(2)31-35(46)40-30(20-25-10-14-29(48-4)15-11-25)34(45)39-24(3)32(43)38-17-6-7-19-42(36(47)28-16-18-37-21-28)22-26-8-12-27(13-9-26)33(44)41-31/h8-16,18,21,23-24,30-31,37H,5-7,17,19-20,22H2,1-4H3,(H,38,43)(H,39,45)(H,40,46)(H,41,44)/t23-,24+,30-,31?/m0/s1. The molecule has 4 atom stereocenters. The van der Waals surface area contributed by atoms with Crippen LogP contribution >= 0.6 is 0 Å². The first-order valence-corrected chi connectivity index (χ1v) is 16.4. The predicted octanol–water partition coefficient (Wildman–Crippen LogP) is 2.95. The van der Waals surface area contributed by atoms with Crippen LogP contribution in [0.5, 0.6) is 5.75 Å². The molecular formula is C36H46N6O6. The lowest BCUT2D eigenvalue weighted by molar-refractivity contribution is -0.132. The number of fused-ring (bicyclic) bond motifs is 18. The molecule has 0 fully saturated rings. The van der Waals surface area contributed by atoms with E-state index in [4.69, 9.17) is 4.74 Å². The van der Waals surface area contributed by atoms with Gasteiger partial charge in [-0.1, -0.05) is 44.5 Å². The van der Waals surface area contributed by atoms with Crippen LogP contribution < -0.4 is 26.0 Å². The normalized spacial score (nSPS) is 20.8. The highest BCUT2D eigenvalue weighted by Crippen LogP contribution is 2.16. The first-order valence-electron chi connectivity index (χ1n) is 16.4. The minimum Gasteiger partial charge on any atom is -0.497 e. The fourth-order valence-electron chi connectivity index (χ4n) is 5.44. The SMILES string of the molecule is CC[C@H](C)C1NC(=O)c2ccc(cc2)CN(C(=O)c2cc[nH]c2)CCCCNC(=O)[C@@H](C)NC(=O)[C@H](Cc2ccc(OC)cc2)NC1=O. The Bertz CT molecular complexity index is 1540. The van der Waals surface area contributed by atoms with Gasteiger partial charge in [-0.3, -0.25) is 24.0 Å². The summed E-state index contributed by atoms with van der Waals surface area (Å²) in [5.41, 5.74) is 2.51. The van der Waals surface area contributed by atoms with E-state index in [1.807, 2.05) is 13.8 Å². The van der Waals surface area contributed by atoms with Gasteiger partial charge in [0.2, 0.25) is 17.7 Å². The van der Waals surface area contributed by atoms with Gasteiger partial charge in [0.05, 0.1) is 12.7 Å². The van der Waals surface area contributed by atoms with Gasteiger partial charge in [-0.2, -0.15) is 0 Å². The van der Waals surface area contributed by atoms with Crippen molar-refractivity contribution < 1.29 is 28.7 Å². The molecule has 5 rings (SSSR count). The highest BCUT2D eigenvalue weighted by Gasteiger charge is 2.31. The Labute approximate surface area is 281 Å². The number of hydrogen-bond donors (Lipinski definition) is 5. The van der Waals surface area contributed by atoms with Crippen LogP contribution in [0.4, 0.5) is 0 Å². The Balaban J connectivity index is 1.60. The number of aromatic amines is 1. The summed E-state index contributed by atoms with van der Waals surface area (Å²) in [5.74, 6) is -1.58. The molecule has 0 saturated heterocycles. The fraction of sp³-hybridized carbons (Fsp3) is 0.417. The summed E-state index contributed by atoms with van der Waals surface area (Å²) in [4.78, 5) is 71.7. The number of nitrogens with one attached hydrogen (secondary N) is 5. The molecule has 12 nitrogen and oxygen atoms in total. The predicted molar refractivity (Wildman–Crippen MR) is 181 cm³/mol. The summed E-state index contributed by atoms with van der Waals surface area (Å²) in [6.07, 6.45) is 5.32. The van der Waals surface area contributed by atoms with Crippen LogP contribution in [0, 0.1) is 5.92 Å². The van der Waals surface area contributed by atoms with Gasteiger partial charge in [0.25, 0.3) is 11.8 Å². The number of rotatable bonds is 6. The van der Waals surface area contributed by atoms with E-state index in [0.29, 0.717) is 55.8 Å². The molecule has 2 bridgehead atoms. The monoisotopic (exact) mass is 658 g/mol. The van der Waals surface area contributed by atoms with E-state index in [0.717, 1.165) is 11.1 Å². The zero-order valence-corrected chi connectivity index (χ0v) is 28.0. The molecule has 2 aliphatic rings. The maximum Gasteiger partial charge on any atom is 0.255 e. The average Bonchev–Trinajstić information content (AvgIpc) is 3.64. The first-order chi connectivity index (χ1) is 23.1. The van der Waals surface area contributed by atoms with E-state index in [9.17, 15) is 24.0 Å². The summed E-state index contributed by atoms with van der Waals surface area (Å²) in [6.45, 7) is 6.49. The van der Waals surface area contributed by atoms with Crippen LogP contribution in [0.15, 0.2) is 67.0 Å². The van der Waals surface area contributed by atoms with Crippen molar-refractivity contribution in [3.8, 4) is 5.75 Å². The lowest BCUT2D eigenvalue weighted by Crippen LogP contribution is -2.58. The second-order valence-electron chi connectivity index (χ2n) is 12.2. The molecule has 3 aromatic rings. The molecule has 5 amide bonds. The zero-order chi connectivity index (χ0) is 34.6. The van der Waals surface area contributed by atoms with Crippen LogP contribution in [0.3, 0.4) is 0 Å². The maximum atomic E-state index is 13.8. The van der Waals surface area contributed by atoms with Crippen LogP contribution in [-0.4, -0.2) is 77.7 Å². The lowest BCUT2D eigenvalue weighted by atomic mass is 9.96. The van der Waals surface area contributed by atoms with Gasteiger partial charge >= 0.3 is 0 Å². The minimum atomic E-state index is -1.03. The van der Waals surface area contributed by atoms with E-state index < -0.39 is 35.8 Å². The zero-order valence-electron chi connectivity index (χ0n) is 28.0. The van der Waals surface area contributed by atoms with Crippen LogP contribution in [0.1, 0.15) is 71.9 Å². The van der Waals surface area contributed by atoms with E-state index in [2.05, 4.69) is 26.3 Å². The van der Waals surface area contributed by atoms with Gasteiger partial charge in [0, 0.05) is 44.0 Å². The Hall–Kier alpha value is -5.13. The Kier molecular flexibility index (Phi) is 12.8. The molecule has 256 valence electrons. The lowest BCUT2D eigenvalue weighted by Gasteiger charge is -2.27. The van der Waals surface area contributed by atoms with Crippen molar-refractivity contribution >= 4 is 29.5 Å². The van der Waals surface area contributed by atoms with E-state index in [-0.39, 0.29) is 24.2 Å². The highest BCUT2D eigenvalue weighted by molar-refractivity contribution is 5.99. The van der Waals surface area contributed by atoms with Crippen molar-refractivity contribution in [1.29, 1.82) is 0 Å². The Morgan fingerprint density at radius 2 is 1.65 bits per heavy atom. The molecule has 5 N–H and O–H groups in total. The number of H-pyrrole nitrogens is 1. The fourth-order valence-corrected chi connectivity index (χ4v) is 5.44. The third-order valence-electron chi connectivity index (χ3n) is 8.64. The maximum absolute atomic E-state index is 13.8. The summed E-state index contributed by atoms with van der Waals surface area (Å²) >= 11 is 0. The van der Waals surface area contributed by atoms with Crippen molar-refractivity contribution in [2.45, 2.75) is 71.1 Å². The second-order valence-corrected chi connectivity index (χ2v) is 12.2. The van der Waals surface area contributed by atoms with Gasteiger partial charge in [-0.15, -0.1) is 0 Å². The molecule has 0 radical (unpaired) electrons. The minimum absolute atomic E-state index is 0.136. The number of nitrogens with zero attached hydrogens (tertiary/aromatic N) is 1. The molecule has 0 aliphatic carbocycles. The number of benzene rings is 2. The average molecular weight is 659 g/mol.